The van der Waals surface area contributed by atoms with Crippen LogP contribution in [0.2, 0.25) is 0 Å². The molecule has 1 aromatic rings. The number of nitrogens with zero attached hydrogens (tertiary/aromatic N) is 3. The van der Waals surface area contributed by atoms with E-state index in [9.17, 15) is 9.90 Å². The standard InChI is InChI=1S/C20H30FN5O2/c1-25(14-3-4-22-10-14)19-15(21)17(24-26(19)2)18(27)23-16-12-5-11-6-13(16)9-20(28,7-11)8-12/h11-14,16,22,28H,3-10H2,1-2H3,(H,23,27)/t11?,12?,13?,14-,16-,20-/m1/s1. The normalized spacial score (nSPS) is 38.8. The molecule has 4 bridgehead atoms. The smallest absolute Gasteiger partial charge is 0.275 e. The second-order valence-electron chi connectivity index (χ2n) is 9.56. The molecule has 0 aromatic carbocycles. The molecule has 0 radical (unpaired) electrons. The summed E-state index contributed by atoms with van der Waals surface area (Å²) in [5.74, 6) is 0.539. The fourth-order valence-corrected chi connectivity index (χ4v) is 6.60. The third kappa shape index (κ3) is 2.84. The first-order valence-electron chi connectivity index (χ1n) is 10.5. The minimum absolute atomic E-state index is 0.0194. The fourth-order valence-electron chi connectivity index (χ4n) is 6.60. The van der Waals surface area contributed by atoms with Gasteiger partial charge in [-0.25, -0.2) is 9.07 Å². The molecule has 3 atom stereocenters. The maximum absolute atomic E-state index is 15.2. The van der Waals surface area contributed by atoms with E-state index in [-0.39, 0.29) is 17.8 Å². The molecule has 6 rings (SSSR count). The maximum Gasteiger partial charge on any atom is 0.275 e. The van der Waals surface area contributed by atoms with Crippen molar-refractivity contribution < 1.29 is 14.3 Å². The molecule has 2 heterocycles. The van der Waals surface area contributed by atoms with E-state index in [1.165, 1.54) is 4.68 Å². The Morgan fingerprint density at radius 3 is 2.68 bits per heavy atom. The van der Waals surface area contributed by atoms with Crippen LogP contribution in [0.5, 0.6) is 0 Å². The van der Waals surface area contributed by atoms with Crippen LogP contribution in [0, 0.1) is 23.6 Å². The molecule has 5 fully saturated rings. The lowest BCUT2D eigenvalue weighted by Gasteiger charge is -2.58. The zero-order valence-electron chi connectivity index (χ0n) is 16.6. The molecule has 5 aliphatic rings. The van der Waals surface area contributed by atoms with Crippen molar-refractivity contribution in [1.82, 2.24) is 20.4 Å². The summed E-state index contributed by atoms with van der Waals surface area (Å²) in [4.78, 5) is 14.8. The van der Waals surface area contributed by atoms with Crippen molar-refractivity contribution in [3.8, 4) is 0 Å². The molecule has 1 amide bonds. The summed E-state index contributed by atoms with van der Waals surface area (Å²) in [7, 11) is 3.55. The van der Waals surface area contributed by atoms with Gasteiger partial charge in [-0.1, -0.05) is 0 Å². The number of aryl methyl sites for hydroxylation is 1. The number of rotatable bonds is 4. The Bertz CT molecular complexity index is 774. The molecule has 1 aliphatic heterocycles. The number of aromatic nitrogens is 2. The van der Waals surface area contributed by atoms with Gasteiger partial charge >= 0.3 is 0 Å². The van der Waals surface area contributed by atoms with Gasteiger partial charge in [-0.05, 0) is 62.8 Å². The maximum atomic E-state index is 15.2. The fraction of sp³-hybridized carbons (Fsp3) is 0.800. The Morgan fingerprint density at radius 1 is 1.36 bits per heavy atom. The molecule has 154 valence electrons. The second kappa shape index (κ2) is 6.42. The average Bonchev–Trinajstić information content (AvgIpc) is 3.24. The van der Waals surface area contributed by atoms with Crippen molar-refractivity contribution in [1.29, 1.82) is 0 Å². The van der Waals surface area contributed by atoms with Gasteiger partial charge < -0.3 is 20.6 Å². The monoisotopic (exact) mass is 391 g/mol. The van der Waals surface area contributed by atoms with Crippen LogP contribution in [0.25, 0.3) is 0 Å². The average molecular weight is 391 g/mol. The topological polar surface area (TPSA) is 82.4 Å². The molecular formula is C20H30FN5O2. The summed E-state index contributed by atoms with van der Waals surface area (Å²) < 4.78 is 16.7. The van der Waals surface area contributed by atoms with Crippen LogP contribution in [0.1, 0.15) is 49.0 Å². The van der Waals surface area contributed by atoms with Crippen molar-refractivity contribution in [2.24, 2.45) is 24.8 Å². The molecule has 7 nitrogen and oxygen atoms in total. The number of hydrogen-bond acceptors (Lipinski definition) is 5. The van der Waals surface area contributed by atoms with Gasteiger partial charge in [-0.15, -0.1) is 0 Å². The van der Waals surface area contributed by atoms with E-state index in [4.69, 9.17) is 0 Å². The van der Waals surface area contributed by atoms with Crippen LogP contribution in [0.3, 0.4) is 0 Å². The van der Waals surface area contributed by atoms with Crippen LogP contribution in [0.4, 0.5) is 10.2 Å². The highest BCUT2D eigenvalue weighted by atomic mass is 19.1. The summed E-state index contributed by atoms with van der Waals surface area (Å²) in [5.41, 5.74) is -0.665. The first-order chi connectivity index (χ1) is 13.3. The van der Waals surface area contributed by atoms with E-state index < -0.39 is 17.3 Å². The number of halogens is 1. The van der Waals surface area contributed by atoms with Crippen molar-refractivity contribution in [2.45, 2.75) is 56.2 Å². The van der Waals surface area contributed by atoms with Gasteiger partial charge in [0.1, 0.15) is 0 Å². The number of carbonyl (C=O) groups is 1. The van der Waals surface area contributed by atoms with Crippen molar-refractivity contribution in [2.75, 3.05) is 25.0 Å². The molecule has 3 N–H and O–H groups in total. The third-order valence-electron chi connectivity index (χ3n) is 7.63. The molecule has 0 spiro atoms. The van der Waals surface area contributed by atoms with E-state index in [0.29, 0.717) is 23.6 Å². The van der Waals surface area contributed by atoms with Gasteiger partial charge in [-0.3, -0.25) is 4.79 Å². The quantitative estimate of drug-likeness (QED) is 0.714. The largest absolute Gasteiger partial charge is 0.390 e. The van der Waals surface area contributed by atoms with Crippen molar-refractivity contribution >= 4 is 11.7 Å². The highest BCUT2D eigenvalue weighted by Gasteiger charge is 2.55. The number of anilines is 1. The zero-order chi connectivity index (χ0) is 19.6. The highest BCUT2D eigenvalue weighted by molar-refractivity contribution is 5.93. The van der Waals surface area contributed by atoms with Crippen molar-refractivity contribution in [3.63, 3.8) is 0 Å². The van der Waals surface area contributed by atoms with Gasteiger partial charge in [0.05, 0.1) is 5.60 Å². The molecule has 1 saturated heterocycles. The van der Waals surface area contributed by atoms with Crippen LogP contribution in [0.15, 0.2) is 0 Å². The van der Waals surface area contributed by atoms with Crippen molar-refractivity contribution in [3.05, 3.63) is 11.5 Å². The van der Waals surface area contributed by atoms with Crippen LogP contribution in [-0.4, -0.2) is 58.6 Å². The molecule has 28 heavy (non-hydrogen) atoms. The van der Waals surface area contributed by atoms with Gasteiger partial charge in [0.25, 0.3) is 5.91 Å². The second-order valence-corrected chi connectivity index (χ2v) is 9.56. The van der Waals surface area contributed by atoms with Crippen LogP contribution in [-0.2, 0) is 7.05 Å². The third-order valence-corrected chi connectivity index (χ3v) is 7.63. The van der Waals surface area contributed by atoms with E-state index in [0.717, 1.165) is 51.6 Å². The van der Waals surface area contributed by atoms with E-state index in [2.05, 4.69) is 15.7 Å². The SMILES string of the molecule is CN(c1c(F)c(C(=O)N[C@H]2C3CC4CC2C[C@](O)(C4)C3)nn1C)[C@@H]1CCNC1. The highest BCUT2D eigenvalue weighted by Crippen LogP contribution is 2.55. The van der Waals surface area contributed by atoms with Gasteiger partial charge in [0.15, 0.2) is 17.3 Å². The Kier molecular flexibility index (Phi) is 4.21. The Morgan fingerprint density at radius 2 is 2.07 bits per heavy atom. The number of hydrogen-bond donors (Lipinski definition) is 3. The summed E-state index contributed by atoms with van der Waals surface area (Å²) in [6.07, 6.45) is 5.45. The van der Waals surface area contributed by atoms with E-state index >= 15 is 4.39 Å². The van der Waals surface area contributed by atoms with Gasteiger partial charge in [0.2, 0.25) is 0 Å². The molecule has 2 unspecified atom stereocenters. The number of amides is 1. The Labute approximate surface area is 164 Å². The predicted octanol–water partition coefficient (Wildman–Crippen LogP) is 1.03. The molecule has 4 saturated carbocycles. The lowest BCUT2D eigenvalue weighted by molar-refractivity contribution is -0.137. The van der Waals surface area contributed by atoms with Gasteiger partial charge in [0, 0.05) is 32.7 Å². The number of likely N-dealkylation sites (N-methyl/N-ethyl adjacent to an activating group) is 1. The summed E-state index contributed by atoms with van der Waals surface area (Å²) >= 11 is 0. The van der Waals surface area contributed by atoms with E-state index in [1.54, 1.807) is 7.05 Å². The first kappa shape index (κ1) is 18.4. The molecule has 4 aliphatic carbocycles. The lowest BCUT2D eigenvalue weighted by Crippen LogP contribution is -2.61. The van der Waals surface area contributed by atoms with Gasteiger partial charge in [-0.2, -0.15) is 5.10 Å². The van der Waals surface area contributed by atoms with E-state index in [1.807, 2.05) is 11.9 Å². The minimum Gasteiger partial charge on any atom is -0.390 e. The van der Waals surface area contributed by atoms with Crippen LogP contribution >= 0.6 is 0 Å². The summed E-state index contributed by atoms with van der Waals surface area (Å²) in [6.45, 7) is 1.72. The minimum atomic E-state index is -0.545. The molecular weight excluding hydrogens is 361 g/mol. The van der Waals surface area contributed by atoms with Crippen LogP contribution < -0.4 is 15.5 Å². The summed E-state index contributed by atoms with van der Waals surface area (Å²) in [6, 6.07) is 0.219. The molecule has 1 aromatic heterocycles. The Balaban J connectivity index is 1.34. The Hall–Kier alpha value is -1.67. The number of carbonyl (C=O) groups excluding carboxylic acids is 1. The lowest BCUT2D eigenvalue weighted by atomic mass is 9.52. The molecule has 8 heteroatoms. The first-order valence-corrected chi connectivity index (χ1v) is 10.5. The summed E-state index contributed by atoms with van der Waals surface area (Å²) in [5, 5.41) is 21.3. The number of aliphatic hydroxyl groups is 1. The number of nitrogens with one attached hydrogen (secondary N) is 2. The predicted molar refractivity (Wildman–Crippen MR) is 103 cm³/mol. The zero-order valence-corrected chi connectivity index (χ0v) is 16.6.